The van der Waals surface area contributed by atoms with Gasteiger partial charge in [0.2, 0.25) is 0 Å². The minimum absolute atomic E-state index is 0.0349. The zero-order valence-electron chi connectivity index (χ0n) is 9.74. The van der Waals surface area contributed by atoms with Crippen molar-refractivity contribution in [3.63, 3.8) is 0 Å². The van der Waals surface area contributed by atoms with Gasteiger partial charge in [0.1, 0.15) is 12.2 Å². The van der Waals surface area contributed by atoms with Crippen LogP contribution in [0.4, 0.5) is 0 Å². The van der Waals surface area contributed by atoms with Gasteiger partial charge in [0.05, 0.1) is 19.0 Å². The predicted octanol–water partition coefficient (Wildman–Crippen LogP) is -0.133. The van der Waals surface area contributed by atoms with Crippen LogP contribution in [0.2, 0.25) is 0 Å². The topological polar surface area (TPSA) is 125 Å². The largest absolute Gasteiger partial charge is 0.388 e. The quantitative estimate of drug-likeness (QED) is 0.317. The monoisotopic (exact) mass is 245 g/mol. The molecular formula is C11H15N7. The molecule has 0 radical (unpaired) electrons. The summed E-state index contributed by atoms with van der Waals surface area (Å²) >= 11 is 0. The van der Waals surface area contributed by atoms with Gasteiger partial charge in [0, 0.05) is 0 Å². The Balaban J connectivity index is 2.61. The van der Waals surface area contributed by atoms with E-state index in [2.05, 4.69) is 20.7 Å². The molecule has 0 saturated heterocycles. The number of hydrogen-bond donors (Lipinski definition) is 4. The third-order valence-electron chi connectivity index (χ3n) is 1.83. The van der Waals surface area contributed by atoms with Crippen LogP contribution in [0.25, 0.3) is 0 Å². The van der Waals surface area contributed by atoms with E-state index in [9.17, 15) is 0 Å². The molecule has 0 atom stereocenters. The molecule has 1 aromatic carbocycles. The van der Waals surface area contributed by atoms with Gasteiger partial charge in [0.25, 0.3) is 0 Å². The normalized spacial score (nSPS) is 11.6. The van der Waals surface area contributed by atoms with Crippen LogP contribution in [0.15, 0.2) is 39.6 Å². The Labute approximate surface area is 105 Å². The van der Waals surface area contributed by atoms with Crippen LogP contribution in [-0.4, -0.2) is 31.1 Å². The molecule has 0 aliphatic rings. The number of benzene rings is 1. The fourth-order valence-electron chi connectivity index (χ4n) is 1.11. The number of rotatable bonds is 6. The van der Waals surface area contributed by atoms with Gasteiger partial charge < -0.3 is 16.9 Å². The van der Waals surface area contributed by atoms with Crippen molar-refractivity contribution >= 4 is 24.6 Å². The summed E-state index contributed by atoms with van der Waals surface area (Å²) in [4.78, 5) is 0. The molecule has 6 N–H and O–H groups in total. The zero-order chi connectivity index (χ0) is 13.2. The second-order valence-electron chi connectivity index (χ2n) is 3.30. The van der Waals surface area contributed by atoms with Gasteiger partial charge in [-0.15, -0.1) is 5.10 Å². The van der Waals surface area contributed by atoms with E-state index in [4.69, 9.17) is 16.9 Å². The minimum Gasteiger partial charge on any atom is -0.388 e. The van der Waals surface area contributed by atoms with Crippen LogP contribution in [0, 0.1) is 5.41 Å². The van der Waals surface area contributed by atoms with E-state index in [1.807, 2.05) is 24.3 Å². The Hall–Kier alpha value is -2.70. The molecule has 0 spiro atoms. The summed E-state index contributed by atoms with van der Waals surface area (Å²) in [6.07, 6.45) is 4.34. The summed E-state index contributed by atoms with van der Waals surface area (Å²) in [6, 6.07) is 7.53. The number of nitrogens with zero attached hydrogens (tertiary/aromatic N) is 3. The SMILES string of the molecule is N=C(N)CN/N=C/c1cccc(/C=N/N=C\N)c1. The van der Waals surface area contributed by atoms with Crippen LogP contribution < -0.4 is 16.9 Å². The molecule has 0 bridgehead atoms. The van der Waals surface area contributed by atoms with E-state index < -0.39 is 0 Å². The van der Waals surface area contributed by atoms with Gasteiger partial charge in [-0.3, -0.25) is 5.41 Å². The van der Waals surface area contributed by atoms with Crippen molar-refractivity contribution in [2.45, 2.75) is 0 Å². The molecule has 0 saturated carbocycles. The smallest absolute Gasteiger partial charge is 0.112 e. The molecule has 18 heavy (non-hydrogen) atoms. The molecule has 1 rings (SSSR count). The Kier molecular flexibility index (Phi) is 5.61. The number of amidine groups is 1. The highest BCUT2D eigenvalue weighted by Crippen LogP contribution is 2.00. The maximum Gasteiger partial charge on any atom is 0.112 e. The van der Waals surface area contributed by atoms with Crippen molar-refractivity contribution in [2.24, 2.45) is 26.8 Å². The maximum absolute atomic E-state index is 7.01. The lowest BCUT2D eigenvalue weighted by atomic mass is 10.1. The first kappa shape index (κ1) is 13.4. The third kappa shape index (κ3) is 5.40. The van der Waals surface area contributed by atoms with Crippen LogP contribution in [0.5, 0.6) is 0 Å². The van der Waals surface area contributed by atoms with Crippen molar-refractivity contribution in [1.29, 1.82) is 5.41 Å². The van der Waals surface area contributed by atoms with Crippen molar-refractivity contribution in [3.8, 4) is 0 Å². The van der Waals surface area contributed by atoms with E-state index in [1.54, 1.807) is 12.4 Å². The summed E-state index contributed by atoms with van der Waals surface area (Å²) in [6.45, 7) is 0.225. The van der Waals surface area contributed by atoms with Crippen molar-refractivity contribution in [3.05, 3.63) is 35.4 Å². The summed E-state index contributed by atoms with van der Waals surface area (Å²) in [5.74, 6) is 0.0349. The van der Waals surface area contributed by atoms with Crippen LogP contribution in [0.3, 0.4) is 0 Å². The van der Waals surface area contributed by atoms with Crippen molar-refractivity contribution in [2.75, 3.05) is 6.54 Å². The molecule has 7 nitrogen and oxygen atoms in total. The molecule has 0 amide bonds. The number of hydrazone groups is 1. The van der Waals surface area contributed by atoms with Gasteiger partial charge in [-0.25, -0.2) is 0 Å². The first-order valence-electron chi connectivity index (χ1n) is 5.18. The van der Waals surface area contributed by atoms with Gasteiger partial charge in [-0.05, 0) is 17.2 Å². The average molecular weight is 245 g/mol. The second-order valence-corrected chi connectivity index (χ2v) is 3.30. The Morgan fingerprint density at radius 2 is 2.00 bits per heavy atom. The Bertz CT molecular complexity index is 476. The third-order valence-corrected chi connectivity index (χ3v) is 1.83. The number of hydrogen-bond acceptors (Lipinski definition) is 5. The zero-order valence-corrected chi connectivity index (χ0v) is 9.74. The van der Waals surface area contributed by atoms with Crippen molar-refractivity contribution < 1.29 is 0 Å². The summed E-state index contributed by atoms with van der Waals surface area (Å²) < 4.78 is 0. The molecule has 0 fully saturated rings. The van der Waals surface area contributed by atoms with Gasteiger partial charge in [0.15, 0.2) is 0 Å². The molecule has 7 heteroatoms. The highest BCUT2D eigenvalue weighted by molar-refractivity contribution is 5.86. The molecule has 94 valence electrons. The predicted molar refractivity (Wildman–Crippen MR) is 74.2 cm³/mol. The second kappa shape index (κ2) is 7.55. The lowest BCUT2D eigenvalue weighted by Crippen LogP contribution is -2.24. The molecule has 0 aliphatic carbocycles. The number of nitrogens with two attached hydrogens (primary N) is 2. The summed E-state index contributed by atoms with van der Waals surface area (Å²) in [7, 11) is 0. The summed E-state index contributed by atoms with van der Waals surface area (Å²) in [5, 5.41) is 18.2. The highest BCUT2D eigenvalue weighted by atomic mass is 15.3. The molecule has 0 heterocycles. The van der Waals surface area contributed by atoms with Gasteiger partial charge in [-0.2, -0.15) is 10.2 Å². The number of nitrogens with one attached hydrogen (secondary N) is 2. The van der Waals surface area contributed by atoms with Crippen LogP contribution in [-0.2, 0) is 0 Å². The summed E-state index contributed by atoms with van der Waals surface area (Å²) in [5.41, 5.74) is 14.7. The fraction of sp³-hybridized carbons (Fsp3) is 0.0909. The minimum atomic E-state index is 0.0349. The van der Waals surface area contributed by atoms with E-state index in [-0.39, 0.29) is 12.4 Å². The van der Waals surface area contributed by atoms with Crippen molar-refractivity contribution in [1.82, 2.24) is 5.43 Å². The molecule has 0 aliphatic heterocycles. The van der Waals surface area contributed by atoms with Crippen LogP contribution in [0.1, 0.15) is 11.1 Å². The van der Waals surface area contributed by atoms with Crippen LogP contribution >= 0.6 is 0 Å². The van der Waals surface area contributed by atoms with E-state index in [0.29, 0.717) is 0 Å². The molecule has 0 unspecified atom stereocenters. The van der Waals surface area contributed by atoms with E-state index in [0.717, 1.165) is 17.5 Å². The van der Waals surface area contributed by atoms with Gasteiger partial charge >= 0.3 is 0 Å². The fourth-order valence-corrected chi connectivity index (χ4v) is 1.11. The highest BCUT2D eigenvalue weighted by Gasteiger charge is 1.91. The van der Waals surface area contributed by atoms with E-state index in [1.165, 1.54) is 0 Å². The lowest BCUT2D eigenvalue weighted by molar-refractivity contribution is 0.844. The van der Waals surface area contributed by atoms with Gasteiger partial charge in [-0.1, -0.05) is 18.2 Å². The Morgan fingerprint density at radius 1 is 1.28 bits per heavy atom. The molecule has 1 aromatic rings. The first-order valence-corrected chi connectivity index (χ1v) is 5.18. The maximum atomic E-state index is 7.01. The standard InChI is InChI=1S/C11H15N7/c12-8-18-16-6-10-3-1-2-9(4-10)5-15-17-7-11(13)14/h1-6,8,17H,7H2,(H2,12,18)(H3,13,14)/b15-5+,16-6+. The lowest BCUT2D eigenvalue weighted by Gasteiger charge is -1.98. The first-order chi connectivity index (χ1) is 8.72. The van der Waals surface area contributed by atoms with E-state index >= 15 is 0 Å². The molecule has 0 aromatic heterocycles. The average Bonchev–Trinajstić information content (AvgIpc) is 2.35. The Morgan fingerprint density at radius 3 is 2.67 bits per heavy atom. The molecular weight excluding hydrogens is 230 g/mol.